The van der Waals surface area contributed by atoms with Crippen LogP contribution < -0.4 is 5.32 Å². The van der Waals surface area contributed by atoms with Gasteiger partial charge in [-0.1, -0.05) is 6.07 Å². The number of halogens is 5. The van der Waals surface area contributed by atoms with Crippen molar-refractivity contribution in [2.24, 2.45) is 0 Å². The Morgan fingerprint density at radius 3 is 2.30 bits per heavy atom. The first-order valence-electron chi connectivity index (χ1n) is 5.71. The van der Waals surface area contributed by atoms with Crippen LogP contribution in [0.15, 0.2) is 34.8 Å². The Labute approximate surface area is 121 Å². The molecular formula is C14H10BrF4N. The minimum Gasteiger partial charge on any atom is -0.309 e. The molecule has 0 aliphatic carbocycles. The van der Waals surface area contributed by atoms with E-state index >= 15 is 0 Å². The highest BCUT2D eigenvalue weighted by molar-refractivity contribution is 9.10. The molecule has 0 aromatic heterocycles. The third-order valence-corrected chi connectivity index (χ3v) is 3.54. The fourth-order valence-corrected chi connectivity index (χ4v) is 2.34. The first kappa shape index (κ1) is 15.0. The summed E-state index contributed by atoms with van der Waals surface area (Å²) in [6.45, 7) is 0. The predicted octanol–water partition coefficient (Wildman–Crippen LogP) is 4.31. The molecule has 6 heteroatoms. The molecule has 0 spiro atoms. The number of hydrogen-bond acceptors (Lipinski definition) is 1. The van der Waals surface area contributed by atoms with Gasteiger partial charge in [0.2, 0.25) is 0 Å². The Kier molecular flexibility index (Phi) is 4.45. The molecule has 0 aliphatic heterocycles. The summed E-state index contributed by atoms with van der Waals surface area (Å²) in [5.41, 5.74) is -0.364. The molecule has 106 valence electrons. The molecule has 1 N–H and O–H groups in total. The molecule has 2 aromatic carbocycles. The fourth-order valence-electron chi connectivity index (χ4n) is 2.00. The third-order valence-electron chi connectivity index (χ3n) is 2.93. The van der Waals surface area contributed by atoms with Crippen molar-refractivity contribution in [3.05, 3.63) is 69.2 Å². The molecule has 0 saturated heterocycles. The second-order valence-corrected chi connectivity index (χ2v) is 5.00. The van der Waals surface area contributed by atoms with Crippen LogP contribution >= 0.6 is 15.9 Å². The Hall–Kier alpha value is -1.40. The zero-order chi connectivity index (χ0) is 14.9. The summed E-state index contributed by atoms with van der Waals surface area (Å²) in [5, 5.41) is 2.64. The van der Waals surface area contributed by atoms with Crippen molar-refractivity contribution in [1.29, 1.82) is 0 Å². The maximum absolute atomic E-state index is 14.1. The van der Waals surface area contributed by atoms with Crippen LogP contribution in [-0.4, -0.2) is 7.05 Å². The van der Waals surface area contributed by atoms with Crippen LogP contribution in [0.5, 0.6) is 0 Å². The standard InChI is InChI=1S/C14H10BrF4N/c1-20-14(8-3-2-7(16)6-11(8)18)12-10(17)5-4-9(15)13(12)19/h2-6,14,20H,1H3. The Balaban J connectivity index is 2.61. The summed E-state index contributed by atoms with van der Waals surface area (Å²) in [6.07, 6.45) is 0. The van der Waals surface area contributed by atoms with E-state index in [1.807, 2.05) is 0 Å². The summed E-state index contributed by atoms with van der Waals surface area (Å²) < 4.78 is 54.7. The zero-order valence-corrected chi connectivity index (χ0v) is 11.9. The average molecular weight is 348 g/mol. The second-order valence-electron chi connectivity index (χ2n) is 4.14. The Bertz CT molecular complexity index is 645. The molecule has 0 amide bonds. The molecule has 2 rings (SSSR count). The number of nitrogens with one attached hydrogen (secondary N) is 1. The molecule has 2 aromatic rings. The van der Waals surface area contributed by atoms with Crippen molar-refractivity contribution in [3.63, 3.8) is 0 Å². The van der Waals surface area contributed by atoms with E-state index in [-0.39, 0.29) is 15.6 Å². The number of rotatable bonds is 3. The van der Waals surface area contributed by atoms with E-state index in [9.17, 15) is 17.6 Å². The van der Waals surface area contributed by atoms with E-state index in [4.69, 9.17) is 0 Å². The summed E-state index contributed by atoms with van der Waals surface area (Å²) in [5.74, 6) is -3.26. The molecule has 1 nitrogen and oxygen atoms in total. The second kappa shape index (κ2) is 5.93. The van der Waals surface area contributed by atoms with Crippen LogP contribution in [-0.2, 0) is 0 Å². The monoisotopic (exact) mass is 347 g/mol. The van der Waals surface area contributed by atoms with Crippen LogP contribution in [0.3, 0.4) is 0 Å². The molecule has 1 atom stereocenters. The van der Waals surface area contributed by atoms with Gasteiger partial charge in [0.05, 0.1) is 10.5 Å². The molecular weight excluding hydrogens is 338 g/mol. The molecule has 0 bridgehead atoms. The van der Waals surface area contributed by atoms with Gasteiger partial charge in [0.25, 0.3) is 0 Å². The summed E-state index contributed by atoms with van der Waals surface area (Å²) in [4.78, 5) is 0. The van der Waals surface area contributed by atoms with Gasteiger partial charge < -0.3 is 5.32 Å². The van der Waals surface area contributed by atoms with E-state index in [1.54, 1.807) is 0 Å². The van der Waals surface area contributed by atoms with Gasteiger partial charge in [0, 0.05) is 17.2 Å². The highest BCUT2D eigenvalue weighted by Crippen LogP contribution is 2.31. The molecule has 0 aliphatic rings. The maximum Gasteiger partial charge on any atom is 0.145 e. The lowest BCUT2D eigenvalue weighted by molar-refractivity contribution is 0.501. The largest absolute Gasteiger partial charge is 0.309 e. The number of benzene rings is 2. The SMILES string of the molecule is CNC(c1ccc(F)cc1F)c1c(F)ccc(Br)c1F. The topological polar surface area (TPSA) is 12.0 Å². The van der Waals surface area contributed by atoms with Crippen molar-refractivity contribution in [3.8, 4) is 0 Å². The van der Waals surface area contributed by atoms with Crippen molar-refractivity contribution in [1.82, 2.24) is 5.32 Å². The molecule has 0 radical (unpaired) electrons. The predicted molar refractivity (Wildman–Crippen MR) is 71.3 cm³/mol. The first-order chi connectivity index (χ1) is 9.45. The zero-order valence-electron chi connectivity index (χ0n) is 10.4. The van der Waals surface area contributed by atoms with E-state index in [2.05, 4.69) is 21.2 Å². The summed E-state index contributed by atoms with van der Waals surface area (Å²) in [6, 6.07) is 4.11. The van der Waals surface area contributed by atoms with Gasteiger partial charge in [-0.2, -0.15) is 0 Å². The van der Waals surface area contributed by atoms with Gasteiger partial charge in [-0.05, 0) is 41.2 Å². The lowest BCUT2D eigenvalue weighted by Gasteiger charge is -2.19. The third kappa shape index (κ3) is 2.71. The van der Waals surface area contributed by atoms with Crippen LogP contribution in [0.25, 0.3) is 0 Å². The van der Waals surface area contributed by atoms with Crippen LogP contribution in [0.2, 0.25) is 0 Å². The molecule has 0 fully saturated rings. The van der Waals surface area contributed by atoms with Crippen molar-refractivity contribution in [2.75, 3.05) is 7.05 Å². The van der Waals surface area contributed by atoms with Crippen LogP contribution in [0.4, 0.5) is 17.6 Å². The highest BCUT2D eigenvalue weighted by atomic mass is 79.9. The quantitative estimate of drug-likeness (QED) is 0.644. The molecule has 0 heterocycles. The molecule has 1 unspecified atom stereocenters. The van der Waals surface area contributed by atoms with Crippen LogP contribution in [0.1, 0.15) is 17.2 Å². The summed E-state index contributed by atoms with van der Waals surface area (Å²) >= 11 is 2.96. The normalized spacial score (nSPS) is 12.5. The lowest BCUT2D eigenvalue weighted by atomic mass is 9.97. The first-order valence-corrected chi connectivity index (χ1v) is 6.50. The van der Waals surface area contributed by atoms with Gasteiger partial charge in [-0.25, -0.2) is 17.6 Å². The van der Waals surface area contributed by atoms with E-state index < -0.39 is 29.3 Å². The minimum absolute atomic E-state index is 0.0372. The lowest BCUT2D eigenvalue weighted by Crippen LogP contribution is -2.22. The maximum atomic E-state index is 14.1. The van der Waals surface area contributed by atoms with Gasteiger partial charge in [-0.3, -0.25) is 0 Å². The van der Waals surface area contributed by atoms with Gasteiger partial charge in [0.1, 0.15) is 23.3 Å². The van der Waals surface area contributed by atoms with Gasteiger partial charge in [-0.15, -0.1) is 0 Å². The van der Waals surface area contributed by atoms with E-state index in [0.717, 1.165) is 18.2 Å². The molecule has 0 saturated carbocycles. The fraction of sp³-hybridized carbons (Fsp3) is 0.143. The minimum atomic E-state index is -1.06. The smallest absolute Gasteiger partial charge is 0.145 e. The van der Waals surface area contributed by atoms with Crippen molar-refractivity contribution in [2.45, 2.75) is 6.04 Å². The summed E-state index contributed by atoms with van der Waals surface area (Å²) in [7, 11) is 1.44. The van der Waals surface area contributed by atoms with Crippen molar-refractivity contribution < 1.29 is 17.6 Å². The number of hydrogen-bond donors (Lipinski definition) is 1. The van der Waals surface area contributed by atoms with Gasteiger partial charge in [0.15, 0.2) is 0 Å². The van der Waals surface area contributed by atoms with E-state index in [1.165, 1.54) is 13.1 Å². The van der Waals surface area contributed by atoms with Crippen molar-refractivity contribution >= 4 is 15.9 Å². The Morgan fingerprint density at radius 1 is 1.00 bits per heavy atom. The Morgan fingerprint density at radius 2 is 1.70 bits per heavy atom. The average Bonchev–Trinajstić information content (AvgIpc) is 2.40. The van der Waals surface area contributed by atoms with E-state index in [0.29, 0.717) is 6.07 Å². The van der Waals surface area contributed by atoms with Gasteiger partial charge >= 0.3 is 0 Å². The highest BCUT2D eigenvalue weighted by Gasteiger charge is 2.24. The molecule has 20 heavy (non-hydrogen) atoms. The van der Waals surface area contributed by atoms with Crippen LogP contribution in [0, 0.1) is 23.3 Å².